The fourth-order valence-electron chi connectivity index (χ4n) is 2.61. The Kier molecular flexibility index (Phi) is 3.70. The molecule has 0 aliphatic rings. The minimum Gasteiger partial charge on any atom is -0.310 e. The van der Waals surface area contributed by atoms with Gasteiger partial charge in [0.25, 0.3) is 0 Å². The quantitative estimate of drug-likeness (QED) is 0.774. The molecule has 0 amide bonds. The summed E-state index contributed by atoms with van der Waals surface area (Å²) >= 11 is 0. The molecule has 0 fully saturated rings. The highest BCUT2D eigenvalue weighted by atomic mass is 15.3. The maximum absolute atomic E-state index is 4.38. The molecule has 3 aromatic rings. The number of hydrogen-bond acceptors (Lipinski definition) is 4. The van der Waals surface area contributed by atoms with Gasteiger partial charge < -0.3 is 5.32 Å². The van der Waals surface area contributed by atoms with Gasteiger partial charge in [0.15, 0.2) is 5.65 Å². The molecular formula is C15H20N6. The number of nitrogens with zero attached hydrogens (tertiary/aromatic N) is 5. The lowest BCUT2D eigenvalue weighted by atomic mass is 10.1. The standard InChI is InChI=1S/C15H20N6/c1-11(13-10-20(3)19-12(13)2)16-8-7-15-18-17-14-6-4-5-9-21(14)15/h4-6,9-11,16H,7-8H2,1-3H3. The van der Waals surface area contributed by atoms with E-state index in [4.69, 9.17) is 0 Å². The molecule has 0 aromatic carbocycles. The molecule has 0 saturated carbocycles. The molecule has 1 unspecified atom stereocenters. The number of aryl methyl sites for hydroxylation is 2. The van der Waals surface area contributed by atoms with E-state index in [9.17, 15) is 0 Å². The molecule has 1 atom stereocenters. The van der Waals surface area contributed by atoms with E-state index in [2.05, 4.69) is 33.7 Å². The third kappa shape index (κ3) is 2.80. The Hall–Kier alpha value is -2.21. The van der Waals surface area contributed by atoms with Crippen molar-refractivity contribution in [3.8, 4) is 0 Å². The van der Waals surface area contributed by atoms with E-state index in [0.717, 1.165) is 30.1 Å². The summed E-state index contributed by atoms with van der Waals surface area (Å²) in [6.07, 6.45) is 4.91. The fraction of sp³-hybridized carbons (Fsp3) is 0.400. The second kappa shape index (κ2) is 5.65. The average molecular weight is 284 g/mol. The van der Waals surface area contributed by atoms with Gasteiger partial charge in [-0.25, -0.2) is 0 Å². The summed E-state index contributed by atoms with van der Waals surface area (Å²) < 4.78 is 3.89. The predicted octanol–water partition coefficient (Wildman–Crippen LogP) is 1.66. The van der Waals surface area contributed by atoms with E-state index in [-0.39, 0.29) is 6.04 Å². The highest BCUT2D eigenvalue weighted by molar-refractivity contribution is 5.37. The minimum atomic E-state index is 0.276. The first-order valence-corrected chi connectivity index (χ1v) is 7.17. The predicted molar refractivity (Wildman–Crippen MR) is 81.1 cm³/mol. The molecule has 0 saturated heterocycles. The average Bonchev–Trinajstić information content (AvgIpc) is 3.02. The smallest absolute Gasteiger partial charge is 0.160 e. The molecular weight excluding hydrogens is 264 g/mol. The first-order chi connectivity index (χ1) is 10.1. The Morgan fingerprint density at radius 1 is 1.29 bits per heavy atom. The summed E-state index contributed by atoms with van der Waals surface area (Å²) in [5.74, 6) is 0.980. The van der Waals surface area contributed by atoms with Crippen LogP contribution in [0, 0.1) is 6.92 Å². The number of aromatic nitrogens is 5. The molecule has 3 aromatic heterocycles. The summed E-state index contributed by atoms with van der Waals surface area (Å²) in [5, 5.41) is 16.3. The van der Waals surface area contributed by atoms with Crippen LogP contribution in [0.1, 0.15) is 30.0 Å². The van der Waals surface area contributed by atoms with Gasteiger partial charge >= 0.3 is 0 Å². The third-order valence-electron chi connectivity index (χ3n) is 3.70. The van der Waals surface area contributed by atoms with Crippen molar-refractivity contribution in [2.75, 3.05) is 6.54 Å². The van der Waals surface area contributed by atoms with Gasteiger partial charge in [-0.3, -0.25) is 9.08 Å². The molecule has 110 valence electrons. The number of nitrogens with one attached hydrogen (secondary N) is 1. The van der Waals surface area contributed by atoms with Crippen LogP contribution in [-0.2, 0) is 13.5 Å². The zero-order chi connectivity index (χ0) is 14.8. The van der Waals surface area contributed by atoms with Gasteiger partial charge in [0.05, 0.1) is 5.69 Å². The Morgan fingerprint density at radius 3 is 2.90 bits per heavy atom. The van der Waals surface area contributed by atoms with Gasteiger partial charge in [0, 0.05) is 44.0 Å². The lowest BCUT2D eigenvalue weighted by Crippen LogP contribution is -2.22. The zero-order valence-electron chi connectivity index (χ0n) is 12.6. The van der Waals surface area contributed by atoms with E-state index in [1.165, 1.54) is 5.56 Å². The summed E-state index contributed by atoms with van der Waals surface area (Å²) in [6.45, 7) is 5.05. The van der Waals surface area contributed by atoms with Crippen LogP contribution in [0.25, 0.3) is 5.65 Å². The largest absolute Gasteiger partial charge is 0.310 e. The molecule has 0 aliphatic carbocycles. The van der Waals surface area contributed by atoms with E-state index in [1.807, 2.05) is 47.4 Å². The van der Waals surface area contributed by atoms with Crippen LogP contribution in [0.5, 0.6) is 0 Å². The van der Waals surface area contributed by atoms with Crippen LogP contribution >= 0.6 is 0 Å². The summed E-state index contributed by atoms with van der Waals surface area (Å²) in [4.78, 5) is 0. The molecule has 0 aliphatic heterocycles. The monoisotopic (exact) mass is 284 g/mol. The van der Waals surface area contributed by atoms with Crippen LogP contribution in [0.15, 0.2) is 30.6 Å². The molecule has 1 N–H and O–H groups in total. The van der Waals surface area contributed by atoms with E-state index in [1.54, 1.807) is 0 Å². The van der Waals surface area contributed by atoms with Crippen molar-refractivity contribution in [1.29, 1.82) is 0 Å². The number of pyridine rings is 1. The Bertz CT molecular complexity index is 742. The summed E-state index contributed by atoms with van der Waals surface area (Å²) in [6, 6.07) is 6.21. The summed E-state index contributed by atoms with van der Waals surface area (Å²) in [5.41, 5.74) is 3.21. The van der Waals surface area contributed by atoms with E-state index in [0.29, 0.717) is 0 Å². The molecule has 6 nitrogen and oxygen atoms in total. The number of rotatable bonds is 5. The van der Waals surface area contributed by atoms with Crippen molar-refractivity contribution in [2.45, 2.75) is 26.3 Å². The van der Waals surface area contributed by atoms with Gasteiger partial charge in [-0.2, -0.15) is 5.10 Å². The fourth-order valence-corrected chi connectivity index (χ4v) is 2.61. The lowest BCUT2D eigenvalue weighted by molar-refractivity contribution is 0.566. The van der Waals surface area contributed by atoms with Crippen molar-refractivity contribution in [2.24, 2.45) is 7.05 Å². The Morgan fingerprint density at radius 2 is 2.14 bits per heavy atom. The van der Waals surface area contributed by atoms with Crippen molar-refractivity contribution in [3.63, 3.8) is 0 Å². The topological polar surface area (TPSA) is 60.0 Å². The van der Waals surface area contributed by atoms with Crippen LogP contribution in [0.2, 0.25) is 0 Å². The molecule has 0 spiro atoms. The highest BCUT2D eigenvalue weighted by Crippen LogP contribution is 2.15. The number of fused-ring (bicyclic) bond motifs is 1. The van der Waals surface area contributed by atoms with Gasteiger partial charge in [0.2, 0.25) is 0 Å². The number of hydrogen-bond donors (Lipinski definition) is 1. The molecule has 3 rings (SSSR count). The SMILES string of the molecule is Cc1nn(C)cc1C(C)NCCc1nnc2ccccn12. The Labute approximate surface area is 123 Å². The maximum atomic E-state index is 4.38. The van der Waals surface area contributed by atoms with Crippen LogP contribution in [0.3, 0.4) is 0 Å². The summed E-state index contributed by atoms with van der Waals surface area (Å²) in [7, 11) is 1.95. The minimum absolute atomic E-state index is 0.276. The molecule has 21 heavy (non-hydrogen) atoms. The van der Waals surface area contributed by atoms with Crippen LogP contribution < -0.4 is 5.32 Å². The van der Waals surface area contributed by atoms with Gasteiger partial charge in [-0.15, -0.1) is 10.2 Å². The normalized spacial score (nSPS) is 12.9. The van der Waals surface area contributed by atoms with Crippen molar-refractivity contribution in [3.05, 3.63) is 47.7 Å². The molecule has 6 heteroatoms. The van der Waals surface area contributed by atoms with Crippen molar-refractivity contribution < 1.29 is 0 Å². The molecule has 3 heterocycles. The van der Waals surface area contributed by atoms with Gasteiger partial charge in [-0.1, -0.05) is 6.07 Å². The van der Waals surface area contributed by atoms with Crippen molar-refractivity contribution >= 4 is 5.65 Å². The lowest BCUT2D eigenvalue weighted by Gasteiger charge is -2.12. The van der Waals surface area contributed by atoms with E-state index >= 15 is 0 Å². The van der Waals surface area contributed by atoms with E-state index < -0.39 is 0 Å². The second-order valence-corrected chi connectivity index (χ2v) is 5.31. The highest BCUT2D eigenvalue weighted by Gasteiger charge is 2.11. The first kappa shape index (κ1) is 13.8. The maximum Gasteiger partial charge on any atom is 0.160 e. The van der Waals surface area contributed by atoms with Crippen LogP contribution in [0.4, 0.5) is 0 Å². The molecule has 0 radical (unpaired) electrons. The van der Waals surface area contributed by atoms with Gasteiger partial charge in [0.1, 0.15) is 5.82 Å². The second-order valence-electron chi connectivity index (χ2n) is 5.31. The third-order valence-corrected chi connectivity index (χ3v) is 3.70. The zero-order valence-corrected chi connectivity index (χ0v) is 12.6. The van der Waals surface area contributed by atoms with Crippen molar-refractivity contribution in [1.82, 2.24) is 29.7 Å². The van der Waals surface area contributed by atoms with Gasteiger partial charge in [-0.05, 0) is 26.0 Å². The Balaban J connectivity index is 1.62. The molecule has 0 bridgehead atoms. The van der Waals surface area contributed by atoms with Crippen LogP contribution in [-0.4, -0.2) is 30.9 Å². The first-order valence-electron chi connectivity index (χ1n) is 7.17.